The molecule has 4 aromatic heterocycles. The van der Waals surface area contributed by atoms with Crippen LogP contribution in [-0.4, -0.2) is 60.8 Å². The molecular formula is C19H19N7O2. The van der Waals surface area contributed by atoms with Gasteiger partial charge >= 0.3 is 0 Å². The summed E-state index contributed by atoms with van der Waals surface area (Å²) in [5.41, 5.74) is 2.09. The van der Waals surface area contributed by atoms with Crippen molar-refractivity contribution in [1.82, 2.24) is 34.7 Å². The molecule has 1 aliphatic heterocycles. The summed E-state index contributed by atoms with van der Waals surface area (Å²) < 4.78 is 6.95. The highest BCUT2D eigenvalue weighted by molar-refractivity contribution is 6.05. The molecule has 0 bridgehead atoms. The van der Waals surface area contributed by atoms with Gasteiger partial charge in [0.05, 0.1) is 12.7 Å². The number of piperidine rings is 1. The Kier molecular flexibility index (Phi) is 3.92. The van der Waals surface area contributed by atoms with Crippen LogP contribution in [0.2, 0.25) is 0 Å². The Hall–Kier alpha value is -3.49. The highest BCUT2D eigenvalue weighted by atomic mass is 16.5. The van der Waals surface area contributed by atoms with Crippen LogP contribution in [0.25, 0.3) is 16.7 Å². The number of carbonyl (C=O) groups is 1. The van der Waals surface area contributed by atoms with Gasteiger partial charge in [0.2, 0.25) is 5.88 Å². The zero-order valence-corrected chi connectivity index (χ0v) is 15.4. The number of likely N-dealkylation sites (tertiary alicyclic amines) is 1. The number of hydrogen-bond acceptors (Lipinski definition) is 6. The van der Waals surface area contributed by atoms with Gasteiger partial charge in [0.1, 0.15) is 5.65 Å². The van der Waals surface area contributed by atoms with Crippen LogP contribution in [-0.2, 0) is 0 Å². The minimum absolute atomic E-state index is 0.0311. The number of ether oxygens (including phenoxy) is 1. The highest BCUT2D eigenvalue weighted by Gasteiger charge is 2.29. The monoisotopic (exact) mass is 377 g/mol. The molecule has 5 rings (SSSR count). The van der Waals surface area contributed by atoms with E-state index in [4.69, 9.17) is 4.74 Å². The van der Waals surface area contributed by atoms with Crippen molar-refractivity contribution in [2.24, 2.45) is 0 Å². The first-order chi connectivity index (χ1) is 13.7. The number of carbonyl (C=O) groups excluding carboxylic acids is 1. The maximum atomic E-state index is 13.0. The number of nitrogens with one attached hydrogen (secondary N) is 1. The first-order valence-corrected chi connectivity index (χ1v) is 9.22. The number of amides is 1. The Labute approximate surface area is 160 Å². The standard InChI is InChI=1S/C19H19N7O2/c1-28-16-5-4-15-22-23-18(26(15)24-16)12-6-9-25(10-7-12)19(27)14-11-21-17-13(14)3-2-8-20-17/h2-5,8,11-12H,6-7,9-10H2,1H3,(H,20,21). The van der Waals surface area contributed by atoms with Crippen molar-refractivity contribution >= 4 is 22.6 Å². The smallest absolute Gasteiger partial charge is 0.256 e. The first-order valence-electron chi connectivity index (χ1n) is 9.22. The van der Waals surface area contributed by atoms with E-state index in [1.54, 1.807) is 30.1 Å². The van der Waals surface area contributed by atoms with E-state index in [0.717, 1.165) is 29.7 Å². The Morgan fingerprint density at radius 2 is 2.07 bits per heavy atom. The number of fused-ring (bicyclic) bond motifs is 2. The van der Waals surface area contributed by atoms with Gasteiger partial charge in [-0.15, -0.1) is 15.3 Å². The molecule has 28 heavy (non-hydrogen) atoms. The highest BCUT2D eigenvalue weighted by Crippen LogP contribution is 2.28. The number of aromatic amines is 1. The number of pyridine rings is 1. The van der Waals surface area contributed by atoms with E-state index in [9.17, 15) is 4.79 Å². The van der Waals surface area contributed by atoms with Crippen LogP contribution in [0.3, 0.4) is 0 Å². The van der Waals surface area contributed by atoms with Gasteiger partial charge < -0.3 is 14.6 Å². The lowest BCUT2D eigenvalue weighted by Gasteiger charge is -2.31. The van der Waals surface area contributed by atoms with Gasteiger partial charge in [-0.05, 0) is 31.0 Å². The molecule has 9 nitrogen and oxygen atoms in total. The number of hydrogen-bond donors (Lipinski definition) is 1. The first kappa shape index (κ1) is 16.7. The molecule has 0 unspecified atom stereocenters. The van der Waals surface area contributed by atoms with Crippen LogP contribution in [0.5, 0.6) is 5.88 Å². The van der Waals surface area contributed by atoms with Gasteiger partial charge in [-0.3, -0.25) is 4.79 Å². The van der Waals surface area contributed by atoms with E-state index in [1.807, 2.05) is 23.1 Å². The summed E-state index contributed by atoms with van der Waals surface area (Å²) in [6.45, 7) is 1.32. The predicted molar refractivity (Wildman–Crippen MR) is 101 cm³/mol. The van der Waals surface area contributed by atoms with Crippen LogP contribution < -0.4 is 4.74 Å². The van der Waals surface area contributed by atoms with Crippen molar-refractivity contribution < 1.29 is 9.53 Å². The molecule has 0 atom stereocenters. The average Bonchev–Trinajstić information content (AvgIpc) is 3.37. The van der Waals surface area contributed by atoms with Crippen LogP contribution in [0.15, 0.2) is 36.7 Å². The van der Waals surface area contributed by atoms with Crippen LogP contribution in [0.4, 0.5) is 0 Å². The predicted octanol–water partition coefficient (Wildman–Crippen LogP) is 2.03. The van der Waals surface area contributed by atoms with Gasteiger partial charge in [-0.1, -0.05) is 0 Å². The maximum absolute atomic E-state index is 13.0. The molecule has 1 aliphatic rings. The number of rotatable bonds is 3. The van der Waals surface area contributed by atoms with Crippen molar-refractivity contribution in [3.05, 3.63) is 48.0 Å². The zero-order chi connectivity index (χ0) is 19.1. The third kappa shape index (κ3) is 2.67. The van der Waals surface area contributed by atoms with E-state index in [-0.39, 0.29) is 11.8 Å². The normalized spacial score (nSPS) is 15.4. The zero-order valence-electron chi connectivity index (χ0n) is 15.4. The van der Waals surface area contributed by atoms with Gasteiger partial charge in [0, 0.05) is 42.9 Å². The molecule has 1 saturated heterocycles. The molecule has 4 aromatic rings. The summed E-state index contributed by atoms with van der Waals surface area (Å²) in [4.78, 5) is 22.2. The largest absolute Gasteiger partial charge is 0.480 e. The Balaban J connectivity index is 1.34. The molecule has 1 N–H and O–H groups in total. The summed E-state index contributed by atoms with van der Waals surface area (Å²) in [5.74, 6) is 1.57. The minimum Gasteiger partial charge on any atom is -0.480 e. The fourth-order valence-electron chi connectivity index (χ4n) is 3.80. The molecular weight excluding hydrogens is 358 g/mol. The second-order valence-electron chi connectivity index (χ2n) is 6.87. The minimum atomic E-state index is 0.0311. The SMILES string of the molecule is COc1ccc2nnc(C3CCN(C(=O)c4c[nH]c5ncccc45)CC3)n2n1. The summed E-state index contributed by atoms with van der Waals surface area (Å²) >= 11 is 0. The summed E-state index contributed by atoms with van der Waals surface area (Å²) in [6.07, 6.45) is 5.08. The molecule has 5 heterocycles. The van der Waals surface area contributed by atoms with Gasteiger partial charge in [0.25, 0.3) is 5.91 Å². The van der Waals surface area contributed by atoms with Crippen LogP contribution >= 0.6 is 0 Å². The van der Waals surface area contributed by atoms with Crippen molar-refractivity contribution in [2.75, 3.05) is 20.2 Å². The Morgan fingerprint density at radius 3 is 2.89 bits per heavy atom. The molecule has 0 spiro atoms. The average molecular weight is 377 g/mol. The van der Waals surface area contributed by atoms with Crippen molar-refractivity contribution in [2.45, 2.75) is 18.8 Å². The van der Waals surface area contributed by atoms with E-state index in [0.29, 0.717) is 30.2 Å². The summed E-state index contributed by atoms with van der Waals surface area (Å²) in [6, 6.07) is 7.37. The van der Waals surface area contributed by atoms with Crippen molar-refractivity contribution in [1.29, 1.82) is 0 Å². The van der Waals surface area contributed by atoms with E-state index >= 15 is 0 Å². The van der Waals surface area contributed by atoms with Gasteiger partial charge in [-0.25, -0.2) is 4.98 Å². The topological polar surface area (TPSA) is 101 Å². The fraction of sp³-hybridized carbons (Fsp3) is 0.316. The van der Waals surface area contributed by atoms with Crippen LogP contribution in [0.1, 0.15) is 34.9 Å². The quantitative estimate of drug-likeness (QED) is 0.586. The van der Waals surface area contributed by atoms with Gasteiger partial charge in [0.15, 0.2) is 11.5 Å². The van der Waals surface area contributed by atoms with Crippen LogP contribution in [0, 0.1) is 0 Å². The lowest BCUT2D eigenvalue weighted by Crippen LogP contribution is -2.38. The molecule has 142 valence electrons. The lowest BCUT2D eigenvalue weighted by atomic mass is 9.95. The summed E-state index contributed by atoms with van der Waals surface area (Å²) in [7, 11) is 1.59. The second kappa shape index (κ2) is 6.59. The molecule has 1 amide bonds. The molecule has 0 saturated carbocycles. The number of methoxy groups -OCH3 is 1. The molecule has 0 aromatic carbocycles. The maximum Gasteiger partial charge on any atom is 0.256 e. The Bertz CT molecular complexity index is 1160. The summed E-state index contributed by atoms with van der Waals surface area (Å²) in [5, 5.41) is 13.8. The van der Waals surface area contributed by atoms with E-state index in [1.165, 1.54) is 0 Å². The van der Waals surface area contributed by atoms with Crippen molar-refractivity contribution in [3.8, 4) is 5.88 Å². The molecule has 1 fully saturated rings. The third-order valence-electron chi connectivity index (χ3n) is 5.30. The van der Waals surface area contributed by atoms with E-state index in [2.05, 4.69) is 25.3 Å². The number of H-pyrrole nitrogens is 1. The number of nitrogens with zero attached hydrogens (tertiary/aromatic N) is 6. The van der Waals surface area contributed by atoms with Gasteiger partial charge in [-0.2, -0.15) is 4.52 Å². The van der Waals surface area contributed by atoms with Crippen molar-refractivity contribution in [3.63, 3.8) is 0 Å². The van der Waals surface area contributed by atoms with E-state index < -0.39 is 0 Å². The fourth-order valence-corrected chi connectivity index (χ4v) is 3.80. The third-order valence-corrected chi connectivity index (χ3v) is 5.30. The Morgan fingerprint density at radius 1 is 1.21 bits per heavy atom. The molecule has 9 heteroatoms. The number of aromatic nitrogens is 6. The lowest BCUT2D eigenvalue weighted by molar-refractivity contribution is 0.0712. The molecule has 0 radical (unpaired) electrons. The molecule has 0 aliphatic carbocycles. The second-order valence-corrected chi connectivity index (χ2v) is 6.87.